The van der Waals surface area contributed by atoms with Crippen molar-refractivity contribution in [1.29, 1.82) is 0 Å². The zero-order valence-electron chi connectivity index (χ0n) is 12.6. The van der Waals surface area contributed by atoms with Crippen molar-refractivity contribution < 1.29 is 14.6 Å². The van der Waals surface area contributed by atoms with E-state index in [9.17, 15) is 5.11 Å². The predicted octanol–water partition coefficient (Wildman–Crippen LogP) is 3.17. The van der Waals surface area contributed by atoms with Crippen molar-refractivity contribution in [1.82, 2.24) is 4.90 Å². The maximum atomic E-state index is 9.32. The van der Waals surface area contributed by atoms with E-state index in [0.717, 1.165) is 13.1 Å². The van der Waals surface area contributed by atoms with E-state index < -0.39 is 5.60 Å². The molecule has 0 aliphatic heterocycles. The first kappa shape index (κ1) is 17.1. The lowest BCUT2D eigenvalue weighted by Gasteiger charge is -2.27. The smallest absolute Gasteiger partial charge is 0.139 e. The quantitative estimate of drug-likeness (QED) is 0.749. The van der Waals surface area contributed by atoms with Gasteiger partial charge in [-0.2, -0.15) is 0 Å². The van der Waals surface area contributed by atoms with Crippen LogP contribution in [0.3, 0.4) is 0 Å². The molecule has 1 rings (SSSR count). The van der Waals surface area contributed by atoms with Crippen LogP contribution in [-0.4, -0.2) is 49.0 Å². The summed E-state index contributed by atoms with van der Waals surface area (Å²) in [5.41, 5.74) is -0.481. The molecule has 4 nitrogen and oxygen atoms in total. The van der Waals surface area contributed by atoms with Gasteiger partial charge in [-0.3, -0.25) is 0 Å². The summed E-state index contributed by atoms with van der Waals surface area (Å²) in [4.78, 5) is 2.19. The van der Waals surface area contributed by atoms with Gasteiger partial charge in [0.2, 0.25) is 0 Å². The van der Waals surface area contributed by atoms with Gasteiger partial charge in [0.05, 0.1) is 18.2 Å². The highest BCUT2D eigenvalue weighted by Gasteiger charge is 2.21. The van der Waals surface area contributed by atoms with Gasteiger partial charge in [-0.25, -0.2) is 0 Å². The van der Waals surface area contributed by atoms with Crippen LogP contribution < -0.4 is 4.74 Å². The number of rotatable bonds is 8. The lowest BCUT2D eigenvalue weighted by Crippen LogP contribution is -2.35. The Morgan fingerprint density at radius 2 is 2.05 bits per heavy atom. The van der Waals surface area contributed by atoms with Crippen molar-refractivity contribution in [2.45, 2.75) is 26.4 Å². The Balaban J connectivity index is 2.44. The van der Waals surface area contributed by atoms with Gasteiger partial charge in [-0.15, -0.1) is 0 Å². The Morgan fingerprint density at radius 1 is 1.35 bits per heavy atom. The molecule has 0 bridgehead atoms. The van der Waals surface area contributed by atoms with Crippen molar-refractivity contribution in [3.05, 3.63) is 23.2 Å². The molecule has 1 N–H and O–H groups in total. The third-order valence-electron chi connectivity index (χ3n) is 2.91. The predicted molar refractivity (Wildman–Crippen MR) is 81.8 cm³/mol. The number of hydrogen-bond donors (Lipinski definition) is 1. The van der Waals surface area contributed by atoms with Gasteiger partial charge in [0.25, 0.3) is 0 Å². The van der Waals surface area contributed by atoms with Crippen LogP contribution in [0.25, 0.3) is 0 Å². The second-order valence-electron chi connectivity index (χ2n) is 5.42. The van der Waals surface area contributed by atoms with Crippen LogP contribution in [-0.2, 0) is 4.74 Å². The standard InChI is InChI=1S/C15H24ClNO3/c1-5-17(4)8-9-19-11-15(2,3)20-14-7-6-12(18)10-13(14)16/h6-7,10,18H,5,8-9,11H2,1-4H3. The number of likely N-dealkylation sites (N-methyl/N-ethyl adjacent to an activating group) is 1. The molecule has 0 unspecified atom stereocenters. The van der Waals surface area contributed by atoms with E-state index in [4.69, 9.17) is 21.1 Å². The van der Waals surface area contributed by atoms with Crippen molar-refractivity contribution in [3.8, 4) is 11.5 Å². The van der Waals surface area contributed by atoms with Crippen molar-refractivity contribution in [2.24, 2.45) is 0 Å². The van der Waals surface area contributed by atoms with Crippen molar-refractivity contribution >= 4 is 11.6 Å². The number of phenols is 1. The Morgan fingerprint density at radius 3 is 2.65 bits per heavy atom. The van der Waals surface area contributed by atoms with Crippen LogP contribution >= 0.6 is 11.6 Å². The third-order valence-corrected chi connectivity index (χ3v) is 3.20. The first-order valence-electron chi connectivity index (χ1n) is 6.78. The average Bonchev–Trinajstić information content (AvgIpc) is 2.37. The van der Waals surface area contributed by atoms with Gasteiger partial charge >= 0.3 is 0 Å². The van der Waals surface area contributed by atoms with Crippen molar-refractivity contribution in [2.75, 3.05) is 33.4 Å². The molecule has 0 aliphatic rings. The Hall–Kier alpha value is -0.970. The van der Waals surface area contributed by atoms with Gasteiger partial charge in [0.15, 0.2) is 0 Å². The molecule has 114 valence electrons. The van der Waals surface area contributed by atoms with Crippen LogP contribution in [0.1, 0.15) is 20.8 Å². The van der Waals surface area contributed by atoms with E-state index >= 15 is 0 Å². The fourth-order valence-electron chi connectivity index (χ4n) is 1.60. The fourth-order valence-corrected chi connectivity index (χ4v) is 1.81. The number of ether oxygens (including phenoxy) is 2. The molecule has 1 aromatic rings. The molecule has 1 aromatic carbocycles. The van der Waals surface area contributed by atoms with Gasteiger partial charge in [-0.05, 0) is 39.6 Å². The molecule has 0 atom stereocenters. The SMILES string of the molecule is CCN(C)CCOCC(C)(C)Oc1ccc(O)cc1Cl. The summed E-state index contributed by atoms with van der Waals surface area (Å²) < 4.78 is 11.5. The zero-order chi connectivity index (χ0) is 15.2. The highest BCUT2D eigenvalue weighted by Crippen LogP contribution is 2.30. The van der Waals surface area contributed by atoms with E-state index in [2.05, 4.69) is 18.9 Å². The summed E-state index contributed by atoms with van der Waals surface area (Å²) in [6.45, 7) is 9.04. The third kappa shape index (κ3) is 5.99. The lowest BCUT2D eigenvalue weighted by molar-refractivity contribution is -0.00753. The van der Waals surface area contributed by atoms with E-state index in [1.807, 2.05) is 13.8 Å². The van der Waals surface area contributed by atoms with E-state index in [1.165, 1.54) is 6.07 Å². The topological polar surface area (TPSA) is 41.9 Å². The summed E-state index contributed by atoms with van der Waals surface area (Å²) in [6.07, 6.45) is 0. The van der Waals surface area contributed by atoms with E-state index in [0.29, 0.717) is 24.0 Å². The van der Waals surface area contributed by atoms with Gasteiger partial charge in [0, 0.05) is 12.6 Å². The zero-order valence-corrected chi connectivity index (χ0v) is 13.4. The molecule has 0 aliphatic carbocycles. The van der Waals surface area contributed by atoms with Crippen LogP contribution in [0.4, 0.5) is 0 Å². The number of benzene rings is 1. The molecule has 0 saturated carbocycles. The molecule has 0 aromatic heterocycles. The Kier molecular flexibility index (Phi) is 6.59. The molecular weight excluding hydrogens is 278 g/mol. The van der Waals surface area contributed by atoms with Crippen LogP contribution in [0.5, 0.6) is 11.5 Å². The normalized spacial score (nSPS) is 11.9. The molecule has 0 spiro atoms. The second-order valence-corrected chi connectivity index (χ2v) is 5.83. The number of phenolic OH excluding ortho intramolecular Hbond substituents is 1. The minimum absolute atomic E-state index is 0.124. The van der Waals surface area contributed by atoms with E-state index in [-0.39, 0.29) is 5.75 Å². The van der Waals surface area contributed by atoms with Gasteiger partial charge < -0.3 is 19.5 Å². The molecule has 0 amide bonds. The number of halogens is 1. The average molecular weight is 302 g/mol. The van der Waals surface area contributed by atoms with Crippen LogP contribution in [0.2, 0.25) is 5.02 Å². The Labute approximate surface area is 126 Å². The number of nitrogens with zero attached hydrogens (tertiary/aromatic N) is 1. The van der Waals surface area contributed by atoms with Crippen molar-refractivity contribution in [3.63, 3.8) is 0 Å². The summed E-state index contributed by atoms with van der Waals surface area (Å²) in [6, 6.07) is 4.67. The molecule has 5 heteroatoms. The molecule has 0 radical (unpaired) electrons. The van der Waals surface area contributed by atoms with E-state index in [1.54, 1.807) is 12.1 Å². The molecular formula is C15H24ClNO3. The molecule has 20 heavy (non-hydrogen) atoms. The minimum atomic E-state index is -0.481. The van der Waals surface area contributed by atoms with Crippen LogP contribution in [0, 0.1) is 0 Å². The first-order chi connectivity index (χ1) is 9.34. The largest absolute Gasteiger partial charge is 0.508 e. The summed E-state index contributed by atoms with van der Waals surface area (Å²) >= 11 is 6.02. The molecule has 0 saturated heterocycles. The number of hydrogen-bond acceptors (Lipinski definition) is 4. The first-order valence-corrected chi connectivity index (χ1v) is 7.15. The summed E-state index contributed by atoms with van der Waals surface area (Å²) in [5.74, 6) is 0.669. The maximum Gasteiger partial charge on any atom is 0.139 e. The van der Waals surface area contributed by atoms with Gasteiger partial charge in [-0.1, -0.05) is 18.5 Å². The fraction of sp³-hybridized carbons (Fsp3) is 0.600. The van der Waals surface area contributed by atoms with Crippen LogP contribution in [0.15, 0.2) is 18.2 Å². The molecule has 0 fully saturated rings. The highest BCUT2D eigenvalue weighted by molar-refractivity contribution is 6.32. The Bertz CT molecular complexity index is 424. The minimum Gasteiger partial charge on any atom is -0.508 e. The molecule has 0 heterocycles. The monoisotopic (exact) mass is 301 g/mol. The maximum absolute atomic E-state index is 9.32. The van der Waals surface area contributed by atoms with Gasteiger partial charge in [0.1, 0.15) is 17.1 Å². The number of aromatic hydroxyl groups is 1. The lowest BCUT2D eigenvalue weighted by atomic mass is 10.1. The summed E-state index contributed by atoms with van der Waals surface area (Å²) in [5, 5.41) is 9.71. The summed E-state index contributed by atoms with van der Waals surface area (Å²) in [7, 11) is 2.06. The highest BCUT2D eigenvalue weighted by atomic mass is 35.5. The second kappa shape index (κ2) is 7.72.